The van der Waals surface area contributed by atoms with Crippen LogP contribution in [0.5, 0.6) is 0 Å². The van der Waals surface area contributed by atoms with Crippen molar-refractivity contribution in [3.63, 3.8) is 0 Å². The minimum absolute atomic E-state index is 0.0641. The van der Waals surface area contributed by atoms with Crippen molar-refractivity contribution in [1.29, 1.82) is 0 Å². The molecule has 0 aliphatic carbocycles. The minimum atomic E-state index is -0.0641. The van der Waals surface area contributed by atoms with Crippen LogP contribution in [0, 0.1) is 0 Å². The molecule has 3 aromatic carbocycles. The SMILES string of the molecule is CCCCCN1N=C(C(=O)NCC(c2ccccc2)c2ccccc2)CC1c1ccccc1. The molecule has 1 amide bonds. The van der Waals surface area contributed by atoms with Gasteiger partial charge in [0.15, 0.2) is 0 Å². The van der Waals surface area contributed by atoms with Gasteiger partial charge in [-0.25, -0.2) is 0 Å². The normalized spacial score (nSPS) is 15.5. The van der Waals surface area contributed by atoms with E-state index in [4.69, 9.17) is 5.10 Å². The first-order valence-corrected chi connectivity index (χ1v) is 12.0. The first-order valence-electron chi connectivity index (χ1n) is 12.0. The molecule has 0 aromatic heterocycles. The second kappa shape index (κ2) is 11.5. The average molecular weight is 440 g/mol. The summed E-state index contributed by atoms with van der Waals surface area (Å²) in [5.41, 5.74) is 4.23. The zero-order valence-electron chi connectivity index (χ0n) is 19.4. The molecular formula is C29H33N3O. The lowest BCUT2D eigenvalue weighted by molar-refractivity contribution is -0.114. The van der Waals surface area contributed by atoms with Crippen LogP contribution in [0.2, 0.25) is 0 Å². The van der Waals surface area contributed by atoms with Gasteiger partial charge < -0.3 is 5.32 Å². The molecule has 33 heavy (non-hydrogen) atoms. The Balaban J connectivity index is 1.47. The van der Waals surface area contributed by atoms with Gasteiger partial charge in [-0.15, -0.1) is 0 Å². The minimum Gasteiger partial charge on any atom is -0.350 e. The van der Waals surface area contributed by atoms with Gasteiger partial charge in [0.2, 0.25) is 0 Å². The Morgan fingerprint density at radius 1 is 0.909 bits per heavy atom. The quantitative estimate of drug-likeness (QED) is 0.398. The van der Waals surface area contributed by atoms with Gasteiger partial charge in [0.1, 0.15) is 5.71 Å². The third-order valence-electron chi connectivity index (χ3n) is 6.30. The predicted molar refractivity (Wildman–Crippen MR) is 135 cm³/mol. The van der Waals surface area contributed by atoms with Crippen molar-refractivity contribution in [2.75, 3.05) is 13.1 Å². The van der Waals surface area contributed by atoms with Crippen LogP contribution in [0.1, 0.15) is 61.3 Å². The molecular weight excluding hydrogens is 406 g/mol. The molecule has 1 aliphatic rings. The van der Waals surface area contributed by atoms with Crippen LogP contribution in [-0.2, 0) is 4.79 Å². The van der Waals surface area contributed by atoms with Crippen LogP contribution < -0.4 is 5.32 Å². The highest BCUT2D eigenvalue weighted by atomic mass is 16.2. The maximum absolute atomic E-state index is 13.2. The lowest BCUT2D eigenvalue weighted by Crippen LogP contribution is -2.34. The molecule has 1 N–H and O–H groups in total. The van der Waals surface area contributed by atoms with Crippen molar-refractivity contribution in [3.05, 3.63) is 108 Å². The molecule has 0 fully saturated rings. The number of amides is 1. The van der Waals surface area contributed by atoms with E-state index in [1.807, 2.05) is 42.5 Å². The number of hydrogen-bond donors (Lipinski definition) is 1. The monoisotopic (exact) mass is 439 g/mol. The van der Waals surface area contributed by atoms with Crippen molar-refractivity contribution in [1.82, 2.24) is 10.3 Å². The van der Waals surface area contributed by atoms with Gasteiger partial charge in [0.05, 0.1) is 6.04 Å². The largest absolute Gasteiger partial charge is 0.350 e. The molecule has 1 aliphatic heterocycles. The van der Waals surface area contributed by atoms with Crippen LogP contribution in [0.4, 0.5) is 0 Å². The highest BCUT2D eigenvalue weighted by molar-refractivity contribution is 6.39. The zero-order chi connectivity index (χ0) is 22.9. The summed E-state index contributed by atoms with van der Waals surface area (Å²) >= 11 is 0. The lowest BCUT2D eigenvalue weighted by atomic mass is 9.91. The Bertz CT molecular complexity index is 995. The molecule has 0 radical (unpaired) electrons. The number of benzene rings is 3. The highest BCUT2D eigenvalue weighted by Gasteiger charge is 2.31. The summed E-state index contributed by atoms with van der Waals surface area (Å²) in [4.78, 5) is 13.2. The Morgan fingerprint density at radius 2 is 1.48 bits per heavy atom. The van der Waals surface area contributed by atoms with Crippen molar-refractivity contribution in [2.24, 2.45) is 5.10 Å². The Kier molecular flexibility index (Phi) is 7.91. The summed E-state index contributed by atoms with van der Waals surface area (Å²) in [7, 11) is 0. The average Bonchev–Trinajstić information content (AvgIpc) is 3.30. The van der Waals surface area contributed by atoms with Crippen LogP contribution in [-0.4, -0.2) is 29.7 Å². The maximum atomic E-state index is 13.2. The molecule has 1 atom stereocenters. The van der Waals surface area contributed by atoms with E-state index in [9.17, 15) is 4.79 Å². The predicted octanol–water partition coefficient (Wildman–Crippen LogP) is 5.93. The highest BCUT2D eigenvalue weighted by Crippen LogP contribution is 2.31. The molecule has 0 bridgehead atoms. The topological polar surface area (TPSA) is 44.7 Å². The first kappa shape index (κ1) is 22.8. The molecule has 4 heteroatoms. The van der Waals surface area contributed by atoms with Gasteiger partial charge in [0, 0.05) is 25.4 Å². The number of unbranched alkanes of at least 4 members (excludes halogenated alkanes) is 2. The summed E-state index contributed by atoms with van der Waals surface area (Å²) in [6, 6.07) is 31.3. The standard InChI is InChI=1S/C29H33N3O/c1-2-3-13-20-32-28(25-18-11-6-12-19-25)21-27(31-32)29(33)30-22-26(23-14-7-4-8-15-23)24-16-9-5-10-17-24/h4-12,14-19,26,28H,2-3,13,20-22H2,1H3,(H,30,33). The van der Waals surface area contributed by atoms with E-state index in [1.54, 1.807) is 0 Å². The third-order valence-corrected chi connectivity index (χ3v) is 6.30. The molecule has 3 aromatic rings. The number of rotatable bonds is 10. The third kappa shape index (κ3) is 5.89. The van der Waals surface area contributed by atoms with E-state index in [1.165, 1.54) is 29.5 Å². The molecule has 1 heterocycles. The molecule has 0 spiro atoms. The smallest absolute Gasteiger partial charge is 0.267 e. The Morgan fingerprint density at radius 3 is 2.06 bits per heavy atom. The van der Waals surface area contributed by atoms with Crippen molar-refractivity contribution in [2.45, 2.75) is 44.6 Å². The molecule has 170 valence electrons. The maximum Gasteiger partial charge on any atom is 0.267 e. The number of hydrazone groups is 1. The van der Waals surface area contributed by atoms with Gasteiger partial charge in [-0.2, -0.15) is 5.10 Å². The van der Waals surface area contributed by atoms with Gasteiger partial charge in [-0.05, 0) is 23.1 Å². The molecule has 0 saturated heterocycles. The van der Waals surface area contributed by atoms with E-state index in [0.717, 1.165) is 13.0 Å². The summed E-state index contributed by atoms with van der Waals surface area (Å²) in [6.45, 7) is 3.62. The van der Waals surface area contributed by atoms with Crippen molar-refractivity contribution < 1.29 is 4.79 Å². The van der Waals surface area contributed by atoms with Crippen LogP contribution in [0.15, 0.2) is 96.1 Å². The fraction of sp³-hybridized carbons (Fsp3) is 0.310. The first-order chi connectivity index (χ1) is 16.3. The van der Waals surface area contributed by atoms with E-state index >= 15 is 0 Å². The summed E-state index contributed by atoms with van der Waals surface area (Å²) < 4.78 is 0. The summed E-state index contributed by atoms with van der Waals surface area (Å²) in [6.07, 6.45) is 4.07. The van der Waals surface area contributed by atoms with Gasteiger partial charge >= 0.3 is 0 Å². The van der Waals surface area contributed by atoms with E-state index in [2.05, 4.69) is 65.8 Å². The molecule has 1 unspecified atom stereocenters. The second-order valence-electron chi connectivity index (χ2n) is 8.63. The number of nitrogens with zero attached hydrogens (tertiary/aromatic N) is 2. The van der Waals surface area contributed by atoms with E-state index in [0.29, 0.717) is 18.7 Å². The second-order valence-corrected chi connectivity index (χ2v) is 8.63. The number of hydrogen-bond acceptors (Lipinski definition) is 3. The molecule has 4 rings (SSSR count). The van der Waals surface area contributed by atoms with Gasteiger partial charge in [0.25, 0.3) is 5.91 Å². The Labute approximate surface area is 197 Å². The number of carbonyl (C=O) groups excluding carboxylic acids is 1. The van der Waals surface area contributed by atoms with Crippen LogP contribution >= 0.6 is 0 Å². The van der Waals surface area contributed by atoms with Crippen molar-refractivity contribution in [3.8, 4) is 0 Å². The van der Waals surface area contributed by atoms with Gasteiger partial charge in [-0.3, -0.25) is 9.80 Å². The van der Waals surface area contributed by atoms with Gasteiger partial charge in [-0.1, -0.05) is 111 Å². The van der Waals surface area contributed by atoms with Crippen LogP contribution in [0.25, 0.3) is 0 Å². The number of carbonyl (C=O) groups is 1. The van der Waals surface area contributed by atoms with Crippen molar-refractivity contribution >= 4 is 11.6 Å². The van der Waals surface area contributed by atoms with E-state index < -0.39 is 0 Å². The fourth-order valence-electron chi connectivity index (χ4n) is 4.48. The molecule has 4 nitrogen and oxygen atoms in total. The van der Waals surface area contributed by atoms with E-state index in [-0.39, 0.29) is 17.9 Å². The number of nitrogens with one attached hydrogen (secondary N) is 1. The lowest BCUT2D eigenvalue weighted by Gasteiger charge is -2.23. The fourth-order valence-corrected chi connectivity index (χ4v) is 4.48. The van der Waals surface area contributed by atoms with Crippen LogP contribution in [0.3, 0.4) is 0 Å². The summed E-state index contributed by atoms with van der Waals surface area (Å²) in [5, 5.41) is 10.1. The molecule has 0 saturated carbocycles. The summed E-state index contributed by atoms with van der Waals surface area (Å²) in [5.74, 6) is 0.0368. The Hall–Kier alpha value is -3.40. The zero-order valence-corrected chi connectivity index (χ0v) is 19.4.